The third-order valence-corrected chi connectivity index (χ3v) is 2.37. The van der Waals surface area contributed by atoms with Crippen LogP contribution in [0.3, 0.4) is 0 Å². The van der Waals surface area contributed by atoms with Crippen LogP contribution in [0.5, 0.6) is 5.75 Å². The van der Waals surface area contributed by atoms with E-state index < -0.39 is 11.6 Å². The lowest BCUT2D eigenvalue weighted by Crippen LogP contribution is -2.31. The van der Waals surface area contributed by atoms with Crippen molar-refractivity contribution in [3.8, 4) is 5.75 Å². The lowest BCUT2D eigenvalue weighted by Gasteiger charge is -2.19. The fourth-order valence-electron chi connectivity index (χ4n) is 1.62. The lowest BCUT2D eigenvalue weighted by molar-refractivity contribution is 0.186. The summed E-state index contributed by atoms with van der Waals surface area (Å²) in [7, 11) is 0. The van der Waals surface area contributed by atoms with Crippen molar-refractivity contribution in [2.45, 2.75) is 32.8 Å². The number of benzene rings is 1. The maximum Gasteiger partial charge on any atom is 0.129 e. The molecule has 1 aromatic rings. The van der Waals surface area contributed by atoms with Crippen molar-refractivity contribution in [1.82, 2.24) is 5.32 Å². The molecule has 0 aliphatic carbocycles. The van der Waals surface area contributed by atoms with Crippen molar-refractivity contribution >= 4 is 0 Å². The number of nitrogens with one attached hydrogen (secondary N) is 1. The van der Waals surface area contributed by atoms with Gasteiger partial charge in [-0.3, -0.25) is 0 Å². The van der Waals surface area contributed by atoms with Gasteiger partial charge in [-0.05, 0) is 13.0 Å². The molecule has 0 radical (unpaired) electrons. The van der Waals surface area contributed by atoms with Crippen LogP contribution in [-0.2, 0) is 0 Å². The summed E-state index contributed by atoms with van der Waals surface area (Å²) < 4.78 is 31.5. The van der Waals surface area contributed by atoms with Crippen molar-refractivity contribution in [2.75, 3.05) is 13.1 Å². The first-order valence-electron chi connectivity index (χ1n) is 5.99. The van der Waals surface area contributed by atoms with Crippen LogP contribution < -0.4 is 10.1 Å². The SMILES string of the molecule is CCCC(CNCC)Oc1cc(F)cc(F)c1. The van der Waals surface area contributed by atoms with Gasteiger partial charge >= 0.3 is 0 Å². The van der Waals surface area contributed by atoms with Crippen LogP contribution in [-0.4, -0.2) is 19.2 Å². The topological polar surface area (TPSA) is 21.3 Å². The minimum atomic E-state index is -0.612. The lowest BCUT2D eigenvalue weighted by atomic mass is 10.2. The van der Waals surface area contributed by atoms with Crippen LogP contribution in [0.4, 0.5) is 8.78 Å². The summed E-state index contributed by atoms with van der Waals surface area (Å²) in [5.74, 6) is -0.976. The molecule has 1 unspecified atom stereocenters. The minimum absolute atomic E-state index is 0.0545. The summed E-state index contributed by atoms with van der Waals surface area (Å²) in [5.41, 5.74) is 0. The smallest absolute Gasteiger partial charge is 0.129 e. The molecule has 0 aliphatic rings. The molecular weight excluding hydrogens is 224 g/mol. The van der Waals surface area contributed by atoms with Gasteiger partial charge in [-0.15, -0.1) is 0 Å². The number of likely N-dealkylation sites (N-methyl/N-ethyl adjacent to an activating group) is 1. The van der Waals surface area contributed by atoms with Crippen LogP contribution >= 0.6 is 0 Å². The highest BCUT2D eigenvalue weighted by atomic mass is 19.1. The molecule has 0 saturated carbocycles. The van der Waals surface area contributed by atoms with Crippen molar-refractivity contribution < 1.29 is 13.5 Å². The van der Waals surface area contributed by atoms with Crippen molar-refractivity contribution in [3.63, 3.8) is 0 Å². The Morgan fingerprint density at radius 3 is 2.35 bits per heavy atom. The highest BCUT2D eigenvalue weighted by Gasteiger charge is 2.10. The molecule has 0 amide bonds. The molecule has 2 nitrogen and oxygen atoms in total. The standard InChI is InChI=1S/C13H19F2NO/c1-3-5-12(9-16-4-2)17-13-7-10(14)6-11(15)8-13/h6-8,12,16H,3-5,9H2,1-2H3. The van der Waals surface area contributed by atoms with E-state index in [-0.39, 0.29) is 11.9 Å². The zero-order valence-electron chi connectivity index (χ0n) is 10.3. The van der Waals surface area contributed by atoms with E-state index in [1.807, 2.05) is 6.92 Å². The molecule has 0 fully saturated rings. The third-order valence-electron chi connectivity index (χ3n) is 2.37. The zero-order valence-corrected chi connectivity index (χ0v) is 10.3. The summed E-state index contributed by atoms with van der Waals surface area (Å²) >= 11 is 0. The van der Waals surface area contributed by atoms with Gasteiger partial charge in [0.2, 0.25) is 0 Å². The summed E-state index contributed by atoms with van der Waals surface area (Å²) in [6, 6.07) is 3.25. The normalized spacial score (nSPS) is 12.5. The Bertz CT molecular complexity index is 324. The van der Waals surface area contributed by atoms with E-state index in [0.717, 1.165) is 25.5 Å². The van der Waals surface area contributed by atoms with Gasteiger partial charge in [0, 0.05) is 24.7 Å². The van der Waals surface area contributed by atoms with E-state index in [1.165, 1.54) is 12.1 Å². The van der Waals surface area contributed by atoms with E-state index in [2.05, 4.69) is 12.2 Å². The van der Waals surface area contributed by atoms with Crippen LogP contribution in [0.25, 0.3) is 0 Å². The largest absolute Gasteiger partial charge is 0.489 e. The van der Waals surface area contributed by atoms with Gasteiger partial charge in [-0.1, -0.05) is 20.3 Å². The first-order chi connectivity index (χ1) is 8.15. The van der Waals surface area contributed by atoms with Gasteiger partial charge in [-0.2, -0.15) is 0 Å². The van der Waals surface area contributed by atoms with E-state index in [9.17, 15) is 8.78 Å². The van der Waals surface area contributed by atoms with Crippen LogP contribution in [0.15, 0.2) is 18.2 Å². The number of ether oxygens (including phenoxy) is 1. The molecule has 17 heavy (non-hydrogen) atoms. The second-order valence-electron chi connectivity index (χ2n) is 3.94. The fourth-order valence-corrected chi connectivity index (χ4v) is 1.62. The Labute approximate surface area is 101 Å². The molecule has 0 aliphatic heterocycles. The molecule has 0 heterocycles. The Morgan fingerprint density at radius 2 is 1.82 bits per heavy atom. The molecule has 1 rings (SSSR count). The highest BCUT2D eigenvalue weighted by molar-refractivity contribution is 5.24. The summed E-state index contributed by atoms with van der Waals surface area (Å²) in [5, 5.41) is 3.17. The summed E-state index contributed by atoms with van der Waals surface area (Å²) in [6.07, 6.45) is 1.76. The molecular formula is C13H19F2NO. The number of halogens is 2. The monoisotopic (exact) mass is 243 g/mol. The first kappa shape index (κ1) is 13.9. The molecule has 0 bridgehead atoms. The second-order valence-corrected chi connectivity index (χ2v) is 3.94. The molecule has 4 heteroatoms. The Hall–Kier alpha value is -1.16. The van der Waals surface area contributed by atoms with Gasteiger partial charge < -0.3 is 10.1 Å². The van der Waals surface area contributed by atoms with Crippen LogP contribution in [0.1, 0.15) is 26.7 Å². The predicted molar refractivity (Wildman–Crippen MR) is 64.2 cm³/mol. The van der Waals surface area contributed by atoms with Crippen molar-refractivity contribution in [1.29, 1.82) is 0 Å². The third kappa shape index (κ3) is 5.13. The molecule has 1 atom stereocenters. The predicted octanol–water partition coefficient (Wildman–Crippen LogP) is 3.12. The van der Waals surface area contributed by atoms with E-state index in [1.54, 1.807) is 0 Å². The minimum Gasteiger partial charge on any atom is -0.489 e. The number of rotatable bonds is 7. The maximum atomic E-state index is 13.0. The number of hydrogen-bond acceptors (Lipinski definition) is 2. The highest BCUT2D eigenvalue weighted by Crippen LogP contribution is 2.18. The van der Waals surface area contributed by atoms with E-state index >= 15 is 0 Å². The average Bonchev–Trinajstić information content (AvgIpc) is 2.24. The van der Waals surface area contributed by atoms with Gasteiger partial charge in [-0.25, -0.2) is 8.78 Å². The van der Waals surface area contributed by atoms with Gasteiger partial charge in [0.15, 0.2) is 0 Å². The summed E-state index contributed by atoms with van der Waals surface area (Å²) in [6.45, 7) is 5.59. The van der Waals surface area contributed by atoms with Crippen molar-refractivity contribution in [3.05, 3.63) is 29.8 Å². The van der Waals surface area contributed by atoms with Gasteiger partial charge in [0.1, 0.15) is 23.5 Å². The Kier molecular flexibility index (Phi) is 5.91. The number of hydrogen-bond donors (Lipinski definition) is 1. The fraction of sp³-hybridized carbons (Fsp3) is 0.538. The average molecular weight is 243 g/mol. The molecule has 0 saturated heterocycles. The molecule has 1 aromatic carbocycles. The van der Waals surface area contributed by atoms with Crippen LogP contribution in [0.2, 0.25) is 0 Å². The molecule has 96 valence electrons. The zero-order chi connectivity index (χ0) is 12.7. The van der Waals surface area contributed by atoms with E-state index in [4.69, 9.17) is 4.74 Å². The van der Waals surface area contributed by atoms with E-state index in [0.29, 0.717) is 6.54 Å². The molecule has 0 spiro atoms. The molecule has 0 aromatic heterocycles. The summed E-state index contributed by atoms with van der Waals surface area (Å²) in [4.78, 5) is 0. The maximum absolute atomic E-state index is 13.0. The molecule has 1 N–H and O–H groups in total. The van der Waals surface area contributed by atoms with Gasteiger partial charge in [0.25, 0.3) is 0 Å². The Morgan fingerprint density at radius 1 is 1.18 bits per heavy atom. The Balaban J connectivity index is 2.63. The first-order valence-corrected chi connectivity index (χ1v) is 5.99. The second kappa shape index (κ2) is 7.22. The van der Waals surface area contributed by atoms with Crippen LogP contribution in [0, 0.1) is 11.6 Å². The van der Waals surface area contributed by atoms with Gasteiger partial charge in [0.05, 0.1) is 0 Å². The quantitative estimate of drug-likeness (QED) is 0.794. The van der Waals surface area contributed by atoms with Crippen molar-refractivity contribution in [2.24, 2.45) is 0 Å².